The lowest BCUT2D eigenvalue weighted by Gasteiger charge is -2.38. The number of rotatable bonds is 6. The third-order valence-electron chi connectivity index (χ3n) is 5.18. The quantitative estimate of drug-likeness (QED) is 0.597. The molecule has 1 heterocycles. The van der Waals surface area contributed by atoms with E-state index >= 15 is 0 Å². The number of carbonyl (C=O) groups excluding carboxylic acids is 1. The molecule has 168 valence electrons. The molecule has 8 heteroatoms. The average molecular weight is 463 g/mol. The van der Waals surface area contributed by atoms with Crippen LogP contribution in [-0.4, -0.2) is 26.2 Å². The zero-order valence-corrected chi connectivity index (χ0v) is 20.4. The van der Waals surface area contributed by atoms with Crippen LogP contribution in [0.25, 0.3) is 0 Å². The highest BCUT2D eigenvalue weighted by molar-refractivity contribution is 7.98. The predicted octanol–water partition coefficient (Wildman–Crippen LogP) is 4.89. The topological polar surface area (TPSA) is 84.5 Å². The second-order valence-corrected chi connectivity index (χ2v) is 11.3. The van der Waals surface area contributed by atoms with Gasteiger partial charge in [-0.05, 0) is 51.3 Å². The van der Waals surface area contributed by atoms with Gasteiger partial charge < -0.3 is 10.1 Å². The molecule has 0 radical (unpaired) electrons. The second kappa shape index (κ2) is 8.84. The highest BCUT2D eigenvalue weighted by atomic mass is 32.2. The summed E-state index contributed by atoms with van der Waals surface area (Å²) >= 11 is 1.45. The van der Waals surface area contributed by atoms with Crippen LogP contribution in [0.2, 0.25) is 0 Å². The lowest BCUT2D eigenvalue weighted by molar-refractivity contribution is -0.118. The Morgan fingerprint density at radius 2 is 1.90 bits per heavy atom. The van der Waals surface area contributed by atoms with Gasteiger partial charge in [0, 0.05) is 22.8 Å². The molecule has 1 amide bonds. The molecular formula is C23H30N2O4S2. The number of thioether (sulfide) groups is 1. The Morgan fingerprint density at radius 3 is 2.55 bits per heavy atom. The van der Waals surface area contributed by atoms with Gasteiger partial charge in [0.15, 0.2) is 0 Å². The van der Waals surface area contributed by atoms with Gasteiger partial charge in [0.2, 0.25) is 15.9 Å². The minimum atomic E-state index is -3.84. The van der Waals surface area contributed by atoms with Crippen molar-refractivity contribution >= 4 is 33.4 Å². The number of carbonyl (C=O) groups is 1. The molecule has 1 aliphatic heterocycles. The Bertz CT molecular complexity index is 1090. The summed E-state index contributed by atoms with van der Waals surface area (Å²) in [6, 6.07) is 10.2. The van der Waals surface area contributed by atoms with Crippen LogP contribution < -0.4 is 14.8 Å². The molecule has 2 aromatic carbocycles. The molecule has 6 nitrogen and oxygen atoms in total. The fourth-order valence-corrected chi connectivity index (χ4v) is 5.34. The molecule has 0 spiro atoms. The highest BCUT2D eigenvalue weighted by Crippen LogP contribution is 2.40. The summed E-state index contributed by atoms with van der Waals surface area (Å²) in [6.45, 7) is 9.45. The van der Waals surface area contributed by atoms with E-state index in [1.165, 1.54) is 17.8 Å². The van der Waals surface area contributed by atoms with Gasteiger partial charge in [-0.3, -0.25) is 4.79 Å². The van der Waals surface area contributed by atoms with Crippen LogP contribution in [0.5, 0.6) is 5.75 Å². The van der Waals surface area contributed by atoms with Crippen LogP contribution in [0.1, 0.15) is 51.3 Å². The number of hydrogen-bond donors (Lipinski definition) is 2. The third-order valence-corrected chi connectivity index (χ3v) is 7.45. The molecule has 0 fully saturated rings. The second-order valence-electron chi connectivity index (χ2n) is 8.79. The van der Waals surface area contributed by atoms with Gasteiger partial charge in [-0.25, -0.2) is 13.1 Å². The van der Waals surface area contributed by atoms with Gasteiger partial charge in [-0.2, -0.15) is 0 Å². The smallest absolute Gasteiger partial charge is 0.241 e. The van der Waals surface area contributed by atoms with Crippen molar-refractivity contribution in [1.29, 1.82) is 0 Å². The van der Waals surface area contributed by atoms with Crippen LogP contribution >= 0.6 is 11.8 Å². The fourth-order valence-electron chi connectivity index (χ4n) is 3.56. The summed E-state index contributed by atoms with van der Waals surface area (Å²) in [7, 11) is -3.84. The minimum Gasteiger partial charge on any atom is -0.487 e. The first kappa shape index (κ1) is 23.6. The molecule has 3 rings (SSSR count). The Balaban J connectivity index is 1.96. The number of fused-ring (bicyclic) bond motifs is 1. The van der Waals surface area contributed by atoms with Crippen molar-refractivity contribution in [2.24, 2.45) is 5.92 Å². The van der Waals surface area contributed by atoms with Crippen LogP contribution in [0.15, 0.2) is 46.2 Å². The summed E-state index contributed by atoms with van der Waals surface area (Å²) < 4.78 is 35.5. The standard InChI is InChI=1S/C23H30N2O4S2/c1-14(2)22(26)24-18-12-16(8-10-21(18)30-6)31(27,28)25-19-13-23(4,5)29-20-9-7-15(3)11-17(19)20/h7-12,14,19,25H,13H2,1-6H3,(H,24,26)/t19-/m1/s1. The van der Waals surface area contributed by atoms with Crippen LogP contribution in [-0.2, 0) is 14.8 Å². The fraction of sp³-hybridized carbons (Fsp3) is 0.435. The van der Waals surface area contributed by atoms with Crippen molar-refractivity contribution < 1.29 is 17.9 Å². The third kappa shape index (κ3) is 5.42. The molecule has 0 unspecified atom stereocenters. The summed E-state index contributed by atoms with van der Waals surface area (Å²) in [5.41, 5.74) is 1.86. The number of benzene rings is 2. The average Bonchev–Trinajstić information content (AvgIpc) is 2.67. The number of amides is 1. The van der Waals surface area contributed by atoms with Gasteiger partial charge in [0.25, 0.3) is 0 Å². The molecule has 0 aliphatic carbocycles. The first-order valence-corrected chi connectivity index (χ1v) is 12.9. The summed E-state index contributed by atoms with van der Waals surface area (Å²) in [5, 5.41) is 2.84. The molecule has 31 heavy (non-hydrogen) atoms. The van der Waals surface area contributed by atoms with Crippen molar-refractivity contribution in [3.8, 4) is 5.75 Å². The maximum Gasteiger partial charge on any atom is 0.241 e. The monoisotopic (exact) mass is 462 g/mol. The van der Waals surface area contributed by atoms with Gasteiger partial charge in [0.05, 0.1) is 16.6 Å². The molecule has 0 bridgehead atoms. The van der Waals surface area contributed by atoms with Crippen LogP contribution in [0.3, 0.4) is 0 Å². The van der Waals surface area contributed by atoms with Crippen molar-refractivity contribution in [2.75, 3.05) is 11.6 Å². The molecule has 1 atom stereocenters. The number of aryl methyl sites for hydroxylation is 1. The highest BCUT2D eigenvalue weighted by Gasteiger charge is 2.36. The zero-order valence-electron chi connectivity index (χ0n) is 18.8. The maximum absolute atomic E-state index is 13.3. The van der Waals surface area contributed by atoms with Gasteiger partial charge in [-0.15, -0.1) is 11.8 Å². The molecule has 0 saturated carbocycles. The van der Waals surface area contributed by atoms with E-state index in [9.17, 15) is 13.2 Å². The number of hydrogen-bond acceptors (Lipinski definition) is 5. The molecule has 0 aromatic heterocycles. The SMILES string of the molecule is CSc1ccc(S(=O)(=O)N[C@@H]2CC(C)(C)Oc3ccc(C)cc32)cc1NC(=O)C(C)C. The largest absolute Gasteiger partial charge is 0.487 e. The molecule has 0 saturated heterocycles. The first-order valence-electron chi connectivity index (χ1n) is 10.2. The van der Waals surface area contributed by atoms with Crippen molar-refractivity contribution in [3.63, 3.8) is 0 Å². The lowest BCUT2D eigenvalue weighted by Crippen LogP contribution is -2.41. The Kier molecular flexibility index (Phi) is 6.74. The summed E-state index contributed by atoms with van der Waals surface area (Å²) in [5.74, 6) is 0.322. The van der Waals surface area contributed by atoms with E-state index in [0.717, 1.165) is 16.0 Å². The van der Waals surface area contributed by atoms with Crippen molar-refractivity contribution in [2.45, 2.75) is 62.5 Å². The number of ether oxygens (including phenoxy) is 1. The molecule has 2 N–H and O–H groups in total. The van der Waals surface area contributed by atoms with Crippen molar-refractivity contribution in [1.82, 2.24) is 4.72 Å². The van der Waals surface area contributed by atoms with Gasteiger partial charge in [0.1, 0.15) is 11.4 Å². The van der Waals surface area contributed by atoms with Crippen molar-refractivity contribution in [3.05, 3.63) is 47.5 Å². The molecular weight excluding hydrogens is 432 g/mol. The summed E-state index contributed by atoms with van der Waals surface area (Å²) in [4.78, 5) is 13.1. The van der Waals surface area contributed by atoms with E-state index in [0.29, 0.717) is 17.9 Å². The Morgan fingerprint density at radius 1 is 1.19 bits per heavy atom. The maximum atomic E-state index is 13.3. The first-order chi connectivity index (χ1) is 14.4. The van der Waals surface area contributed by atoms with Crippen LogP contribution in [0, 0.1) is 12.8 Å². The zero-order chi connectivity index (χ0) is 23.0. The predicted molar refractivity (Wildman–Crippen MR) is 125 cm³/mol. The number of nitrogens with one attached hydrogen (secondary N) is 2. The summed E-state index contributed by atoms with van der Waals surface area (Å²) in [6.07, 6.45) is 2.39. The van der Waals surface area contributed by atoms with E-state index < -0.39 is 21.7 Å². The molecule has 1 aliphatic rings. The van der Waals surface area contributed by atoms with Gasteiger partial charge in [-0.1, -0.05) is 31.5 Å². The Labute approximate surface area is 189 Å². The van der Waals surface area contributed by atoms with Gasteiger partial charge >= 0.3 is 0 Å². The Hall–Kier alpha value is -2.03. The van der Waals surface area contributed by atoms with E-state index in [1.54, 1.807) is 26.0 Å². The molecule has 2 aromatic rings. The van der Waals surface area contributed by atoms with Crippen LogP contribution in [0.4, 0.5) is 5.69 Å². The normalized spacial score (nSPS) is 17.7. The number of anilines is 1. The van der Waals surface area contributed by atoms with E-state index in [4.69, 9.17) is 4.74 Å². The lowest BCUT2D eigenvalue weighted by atomic mass is 9.89. The van der Waals surface area contributed by atoms with E-state index in [2.05, 4.69) is 10.0 Å². The van der Waals surface area contributed by atoms with E-state index in [-0.39, 0.29) is 16.7 Å². The number of sulfonamides is 1. The minimum absolute atomic E-state index is 0.114. The van der Waals surface area contributed by atoms with E-state index in [1.807, 2.05) is 45.2 Å².